The zero-order chi connectivity index (χ0) is 21.9. The molecule has 0 radical (unpaired) electrons. The second-order valence-corrected chi connectivity index (χ2v) is 6.75. The first-order valence-corrected chi connectivity index (χ1v) is 9.06. The van der Waals surface area contributed by atoms with Gasteiger partial charge >= 0.3 is 6.18 Å². The number of aromatic nitrogens is 4. The average molecular weight is 423 g/mol. The molecule has 1 amide bonds. The van der Waals surface area contributed by atoms with Crippen LogP contribution in [0, 0.1) is 13.8 Å². The Morgan fingerprint density at radius 1 is 1.23 bits per heavy atom. The van der Waals surface area contributed by atoms with E-state index in [1.165, 1.54) is 12.1 Å². The molecule has 3 aromatic rings. The Morgan fingerprint density at radius 3 is 2.60 bits per heavy atom. The van der Waals surface area contributed by atoms with Crippen LogP contribution in [-0.4, -0.2) is 49.9 Å². The van der Waals surface area contributed by atoms with Crippen molar-refractivity contribution in [2.75, 3.05) is 13.2 Å². The van der Waals surface area contributed by atoms with E-state index in [0.29, 0.717) is 11.6 Å². The monoisotopic (exact) mass is 423 g/mol. The van der Waals surface area contributed by atoms with Gasteiger partial charge in [-0.1, -0.05) is 0 Å². The fourth-order valence-corrected chi connectivity index (χ4v) is 2.71. The zero-order valence-corrected chi connectivity index (χ0v) is 16.3. The molecule has 0 spiro atoms. The van der Waals surface area contributed by atoms with Crippen molar-refractivity contribution in [3.63, 3.8) is 0 Å². The fraction of sp³-hybridized carbons (Fsp3) is 0.368. The number of benzene rings is 1. The molecule has 0 aliphatic carbocycles. The Labute approximate surface area is 169 Å². The highest BCUT2D eigenvalue weighted by atomic mass is 19.4. The van der Waals surface area contributed by atoms with Gasteiger partial charge in [-0.05, 0) is 44.2 Å². The number of fused-ring (bicyclic) bond motifs is 1. The number of amides is 1. The first kappa shape index (κ1) is 21.5. The minimum atomic E-state index is -4.42. The van der Waals surface area contributed by atoms with Crippen molar-refractivity contribution >= 4 is 11.7 Å². The van der Waals surface area contributed by atoms with Crippen LogP contribution in [0.5, 0.6) is 5.75 Å². The van der Waals surface area contributed by atoms with Gasteiger partial charge < -0.3 is 15.2 Å². The molecule has 2 aromatic heterocycles. The Morgan fingerprint density at radius 2 is 1.93 bits per heavy atom. The van der Waals surface area contributed by atoms with Crippen LogP contribution in [0.15, 0.2) is 30.3 Å². The molecule has 3 rings (SSSR count). The van der Waals surface area contributed by atoms with Gasteiger partial charge in [-0.25, -0.2) is 9.50 Å². The van der Waals surface area contributed by atoms with Gasteiger partial charge in [-0.2, -0.15) is 18.2 Å². The van der Waals surface area contributed by atoms with E-state index in [2.05, 4.69) is 20.4 Å². The van der Waals surface area contributed by atoms with Gasteiger partial charge in [-0.3, -0.25) is 4.79 Å². The Hall–Kier alpha value is -3.21. The van der Waals surface area contributed by atoms with Crippen LogP contribution in [0.4, 0.5) is 13.2 Å². The van der Waals surface area contributed by atoms with E-state index in [4.69, 9.17) is 4.74 Å². The standard InChI is InChI=1S/C19H20F3N5O3/c1-11-7-12(2)27-18(24-11)25-16(26-27)8-17(29)23-9-14(28)10-30-15-5-3-13(4-6-15)19(20,21)22/h3-7,14,28H,8-10H2,1-2H3,(H,23,29). The molecule has 11 heteroatoms. The number of rotatable bonds is 7. The van der Waals surface area contributed by atoms with Gasteiger partial charge in [0.15, 0.2) is 5.82 Å². The summed E-state index contributed by atoms with van der Waals surface area (Å²) in [5, 5.41) is 16.7. The van der Waals surface area contributed by atoms with Crippen molar-refractivity contribution in [3.8, 4) is 5.75 Å². The third kappa shape index (κ3) is 5.44. The zero-order valence-electron chi connectivity index (χ0n) is 16.3. The molecule has 0 saturated heterocycles. The number of carbonyl (C=O) groups excluding carboxylic acids is 1. The van der Waals surface area contributed by atoms with E-state index in [1.807, 2.05) is 19.9 Å². The smallest absolute Gasteiger partial charge is 0.416 e. The number of carbonyl (C=O) groups is 1. The summed E-state index contributed by atoms with van der Waals surface area (Å²) >= 11 is 0. The van der Waals surface area contributed by atoms with Crippen molar-refractivity contribution in [1.29, 1.82) is 0 Å². The maximum atomic E-state index is 12.5. The largest absolute Gasteiger partial charge is 0.491 e. The lowest BCUT2D eigenvalue weighted by atomic mass is 10.2. The van der Waals surface area contributed by atoms with Crippen molar-refractivity contribution in [2.24, 2.45) is 0 Å². The van der Waals surface area contributed by atoms with E-state index in [1.54, 1.807) is 4.52 Å². The van der Waals surface area contributed by atoms with Crippen molar-refractivity contribution < 1.29 is 27.8 Å². The lowest BCUT2D eigenvalue weighted by Gasteiger charge is -2.13. The molecule has 0 aliphatic heterocycles. The maximum Gasteiger partial charge on any atom is 0.416 e. The van der Waals surface area contributed by atoms with Gasteiger partial charge in [0.1, 0.15) is 18.5 Å². The van der Waals surface area contributed by atoms with Gasteiger partial charge in [0.2, 0.25) is 5.91 Å². The summed E-state index contributed by atoms with van der Waals surface area (Å²) in [6, 6.07) is 5.97. The fourth-order valence-electron chi connectivity index (χ4n) is 2.71. The molecule has 1 aromatic carbocycles. The summed E-state index contributed by atoms with van der Waals surface area (Å²) in [6.45, 7) is 3.40. The molecule has 2 heterocycles. The van der Waals surface area contributed by atoms with Crippen LogP contribution in [-0.2, 0) is 17.4 Å². The average Bonchev–Trinajstić information content (AvgIpc) is 3.07. The molecule has 160 valence electrons. The predicted molar refractivity (Wildman–Crippen MR) is 99.9 cm³/mol. The summed E-state index contributed by atoms with van der Waals surface area (Å²) in [5.74, 6) is 0.485. The number of nitrogens with zero attached hydrogens (tertiary/aromatic N) is 4. The number of hydrogen-bond donors (Lipinski definition) is 2. The molecule has 1 unspecified atom stereocenters. The number of halogens is 3. The van der Waals surface area contributed by atoms with Gasteiger partial charge in [0.05, 0.1) is 12.0 Å². The summed E-state index contributed by atoms with van der Waals surface area (Å²) in [4.78, 5) is 20.5. The van der Waals surface area contributed by atoms with Gasteiger partial charge in [0, 0.05) is 17.9 Å². The van der Waals surface area contributed by atoms with Crippen LogP contribution < -0.4 is 10.1 Å². The first-order chi connectivity index (χ1) is 14.1. The molecular weight excluding hydrogens is 403 g/mol. The number of aryl methyl sites for hydroxylation is 2. The van der Waals surface area contributed by atoms with Crippen molar-refractivity contribution in [3.05, 3.63) is 53.1 Å². The highest BCUT2D eigenvalue weighted by molar-refractivity contribution is 5.77. The van der Waals surface area contributed by atoms with E-state index < -0.39 is 23.8 Å². The lowest BCUT2D eigenvalue weighted by molar-refractivity contribution is -0.137. The lowest BCUT2D eigenvalue weighted by Crippen LogP contribution is -2.36. The minimum Gasteiger partial charge on any atom is -0.491 e. The SMILES string of the molecule is Cc1cc(C)n2nc(CC(=O)NCC(O)COc3ccc(C(F)(F)F)cc3)nc2n1. The van der Waals surface area contributed by atoms with Crippen LogP contribution in [0.3, 0.4) is 0 Å². The second kappa shape index (κ2) is 8.66. The van der Waals surface area contributed by atoms with Crippen LogP contribution in [0.1, 0.15) is 22.8 Å². The highest BCUT2D eigenvalue weighted by Crippen LogP contribution is 2.30. The Bertz CT molecular complexity index is 1030. The summed E-state index contributed by atoms with van der Waals surface area (Å²) in [7, 11) is 0. The third-order valence-electron chi connectivity index (χ3n) is 4.14. The predicted octanol–water partition coefficient (Wildman–Crippen LogP) is 1.86. The van der Waals surface area contributed by atoms with Crippen molar-refractivity contribution in [1.82, 2.24) is 24.9 Å². The number of ether oxygens (including phenoxy) is 1. The quantitative estimate of drug-likeness (QED) is 0.602. The molecule has 8 nitrogen and oxygen atoms in total. The van der Waals surface area contributed by atoms with E-state index >= 15 is 0 Å². The first-order valence-electron chi connectivity index (χ1n) is 9.06. The van der Waals surface area contributed by atoms with Gasteiger partial charge in [-0.15, -0.1) is 5.10 Å². The molecule has 0 aliphatic rings. The van der Waals surface area contributed by atoms with E-state index in [-0.39, 0.29) is 25.3 Å². The molecular formula is C19H20F3N5O3. The molecule has 0 saturated carbocycles. The molecule has 2 N–H and O–H groups in total. The van der Waals surface area contributed by atoms with Gasteiger partial charge in [0.25, 0.3) is 5.78 Å². The number of hydrogen-bond acceptors (Lipinski definition) is 6. The maximum absolute atomic E-state index is 12.5. The van der Waals surface area contributed by atoms with E-state index in [0.717, 1.165) is 23.5 Å². The normalized spacial score (nSPS) is 12.7. The summed E-state index contributed by atoms with van der Waals surface area (Å²) in [5.41, 5.74) is 0.843. The number of aliphatic hydroxyl groups is 1. The van der Waals surface area contributed by atoms with Crippen LogP contribution in [0.2, 0.25) is 0 Å². The second-order valence-electron chi connectivity index (χ2n) is 6.75. The van der Waals surface area contributed by atoms with Crippen LogP contribution in [0.25, 0.3) is 5.78 Å². The molecule has 0 bridgehead atoms. The number of alkyl halides is 3. The Balaban J connectivity index is 1.46. The molecule has 0 fully saturated rings. The van der Waals surface area contributed by atoms with Crippen LogP contribution >= 0.6 is 0 Å². The topological polar surface area (TPSA) is 102 Å². The van der Waals surface area contributed by atoms with E-state index in [9.17, 15) is 23.1 Å². The number of aliphatic hydroxyl groups excluding tert-OH is 1. The third-order valence-corrected chi connectivity index (χ3v) is 4.14. The summed E-state index contributed by atoms with van der Waals surface area (Å²) < 4.78 is 44.4. The molecule has 30 heavy (non-hydrogen) atoms. The summed E-state index contributed by atoms with van der Waals surface area (Å²) in [6.07, 6.45) is -5.56. The number of nitrogens with one attached hydrogen (secondary N) is 1. The minimum absolute atomic E-state index is 0.0890. The highest BCUT2D eigenvalue weighted by Gasteiger charge is 2.30. The van der Waals surface area contributed by atoms with Crippen molar-refractivity contribution in [2.45, 2.75) is 32.5 Å². The Kier molecular flexibility index (Phi) is 6.20. The molecule has 1 atom stereocenters.